The Morgan fingerprint density at radius 3 is 2.62 bits per heavy atom. The van der Waals surface area contributed by atoms with Crippen molar-refractivity contribution in [1.29, 1.82) is 0 Å². The molecule has 3 aromatic rings. The minimum atomic E-state index is -0.607. The standard InChI is InChI=1S/C21H17FN2O5/c22-15-5-3-14(4-6-15)13-29-24-9-1-2-17(21(24)26)20(25)23-16-7-8-18-19(12-16)28-11-10-27-18/h1-9,12H,10-11,13H2,(H,23,25). The zero-order valence-corrected chi connectivity index (χ0v) is 15.3. The summed E-state index contributed by atoms with van der Waals surface area (Å²) in [6.45, 7) is 0.951. The van der Waals surface area contributed by atoms with Gasteiger partial charge in [-0.1, -0.05) is 12.1 Å². The predicted molar refractivity (Wildman–Crippen MR) is 103 cm³/mol. The fourth-order valence-electron chi connectivity index (χ4n) is 2.79. The highest BCUT2D eigenvalue weighted by atomic mass is 19.1. The van der Waals surface area contributed by atoms with Crippen LogP contribution in [0.25, 0.3) is 0 Å². The van der Waals surface area contributed by atoms with Gasteiger partial charge in [0.05, 0.1) is 0 Å². The second-order valence-corrected chi connectivity index (χ2v) is 6.27. The number of rotatable bonds is 5. The zero-order valence-electron chi connectivity index (χ0n) is 15.3. The number of pyridine rings is 1. The van der Waals surface area contributed by atoms with Crippen LogP contribution in [-0.4, -0.2) is 23.9 Å². The summed E-state index contributed by atoms with van der Waals surface area (Å²) in [5.41, 5.74) is 0.469. The van der Waals surface area contributed by atoms with Crippen LogP contribution in [0.4, 0.5) is 10.1 Å². The average molecular weight is 396 g/mol. The van der Waals surface area contributed by atoms with Gasteiger partial charge in [0, 0.05) is 18.0 Å². The lowest BCUT2D eigenvalue weighted by atomic mass is 10.2. The number of nitrogens with zero attached hydrogens (tertiary/aromatic N) is 1. The van der Waals surface area contributed by atoms with E-state index in [0.717, 1.165) is 4.73 Å². The number of ether oxygens (including phenoxy) is 2. The average Bonchev–Trinajstić information content (AvgIpc) is 2.74. The van der Waals surface area contributed by atoms with E-state index in [4.69, 9.17) is 14.3 Å². The number of nitrogens with one attached hydrogen (secondary N) is 1. The van der Waals surface area contributed by atoms with Crippen LogP contribution in [0.2, 0.25) is 0 Å². The lowest BCUT2D eigenvalue weighted by molar-refractivity contribution is 0.0863. The van der Waals surface area contributed by atoms with Gasteiger partial charge in [0.2, 0.25) is 0 Å². The van der Waals surface area contributed by atoms with Gasteiger partial charge in [-0.25, -0.2) is 4.39 Å². The Morgan fingerprint density at radius 2 is 1.83 bits per heavy atom. The first-order chi connectivity index (χ1) is 14.1. The van der Waals surface area contributed by atoms with Crippen molar-refractivity contribution in [3.8, 4) is 11.5 Å². The molecule has 29 heavy (non-hydrogen) atoms. The van der Waals surface area contributed by atoms with Crippen molar-refractivity contribution in [2.75, 3.05) is 18.5 Å². The molecule has 0 unspecified atom stereocenters. The molecule has 0 aliphatic carbocycles. The highest BCUT2D eigenvalue weighted by Crippen LogP contribution is 2.32. The van der Waals surface area contributed by atoms with E-state index in [1.54, 1.807) is 30.3 Å². The molecule has 2 aromatic carbocycles. The van der Waals surface area contributed by atoms with Crippen LogP contribution in [0.15, 0.2) is 65.6 Å². The van der Waals surface area contributed by atoms with Crippen LogP contribution in [0, 0.1) is 5.82 Å². The number of carbonyl (C=O) groups excluding carboxylic acids is 1. The van der Waals surface area contributed by atoms with Gasteiger partial charge in [-0.2, -0.15) is 4.73 Å². The van der Waals surface area contributed by atoms with E-state index in [2.05, 4.69) is 5.32 Å². The number of anilines is 1. The summed E-state index contributed by atoms with van der Waals surface area (Å²) in [6, 6.07) is 13.7. The molecule has 1 aromatic heterocycles. The Kier molecular flexibility index (Phi) is 5.15. The Balaban J connectivity index is 1.48. The quantitative estimate of drug-likeness (QED) is 0.717. The molecule has 0 radical (unpaired) electrons. The summed E-state index contributed by atoms with van der Waals surface area (Å²) >= 11 is 0. The summed E-state index contributed by atoms with van der Waals surface area (Å²) in [4.78, 5) is 30.6. The lowest BCUT2D eigenvalue weighted by Gasteiger charge is -2.19. The topological polar surface area (TPSA) is 78.8 Å². The van der Waals surface area contributed by atoms with Gasteiger partial charge in [-0.15, -0.1) is 0 Å². The molecule has 1 aliphatic rings. The fraction of sp³-hybridized carbons (Fsp3) is 0.143. The molecule has 0 fully saturated rings. The first kappa shape index (κ1) is 18.5. The second kappa shape index (κ2) is 8.05. The summed E-state index contributed by atoms with van der Waals surface area (Å²) in [6.07, 6.45) is 1.41. The van der Waals surface area contributed by atoms with Crippen LogP contribution in [0.5, 0.6) is 11.5 Å². The van der Waals surface area contributed by atoms with E-state index in [9.17, 15) is 14.0 Å². The van der Waals surface area contributed by atoms with E-state index < -0.39 is 11.5 Å². The minimum Gasteiger partial charge on any atom is -0.486 e. The number of amides is 1. The second-order valence-electron chi connectivity index (χ2n) is 6.27. The molecule has 2 heterocycles. The minimum absolute atomic E-state index is 0.0490. The molecule has 1 amide bonds. The summed E-state index contributed by atoms with van der Waals surface area (Å²) in [7, 11) is 0. The van der Waals surface area contributed by atoms with Crippen molar-refractivity contribution in [2.24, 2.45) is 0 Å². The number of fused-ring (bicyclic) bond motifs is 1. The molecule has 0 saturated carbocycles. The smallest absolute Gasteiger partial charge is 0.295 e. The van der Waals surface area contributed by atoms with Crippen molar-refractivity contribution < 1.29 is 23.5 Å². The molecule has 1 N–H and O–H groups in total. The number of hydrogen-bond donors (Lipinski definition) is 1. The number of aromatic nitrogens is 1. The number of hydrogen-bond acceptors (Lipinski definition) is 5. The fourth-order valence-corrected chi connectivity index (χ4v) is 2.79. The van der Waals surface area contributed by atoms with Crippen LogP contribution in [-0.2, 0) is 6.61 Å². The molecule has 148 valence electrons. The Bertz CT molecular complexity index is 1090. The Labute approximate surface area is 165 Å². The van der Waals surface area contributed by atoms with Crippen LogP contribution in [0.1, 0.15) is 15.9 Å². The maximum atomic E-state index is 13.0. The van der Waals surface area contributed by atoms with Crippen molar-refractivity contribution in [3.63, 3.8) is 0 Å². The molecule has 0 spiro atoms. The monoisotopic (exact) mass is 396 g/mol. The Morgan fingerprint density at radius 1 is 1.07 bits per heavy atom. The molecule has 4 rings (SSSR count). The predicted octanol–water partition coefficient (Wildman–Crippen LogP) is 2.64. The Hall–Kier alpha value is -3.81. The van der Waals surface area contributed by atoms with Crippen LogP contribution < -0.4 is 25.2 Å². The van der Waals surface area contributed by atoms with E-state index in [1.807, 2.05) is 0 Å². The van der Waals surface area contributed by atoms with Gasteiger partial charge in [-0.05, 0) is 42.0 Å². The van der Waals surface area contributed by atoms with Crippen molar-refractivity contribution >= 4 is 11.6 Å². The van der Waals surface area contributed by atoms with Crippen LogP contribution >= 0.6 is 0 Å². The molecular weight excluding hydrogens is 379 g/mol. The summed E-state index contributed by atoms with van der Waals surface area (Å²) < 4.78 is 24.9. The number of halogens is 1. The first-order valence-electron chi connectivity index (χ1n) is 8.90. The van der Waals surface area contributed by atoms with Crippen molar-refractivity contribution in [2.45, 2.75) is 6.61 Å². The molecular formula is C21H17FN2O5. The molecule has 0 bridgehead atoms. The molecule has 0 atom stereocenters. The maximum Gasteiger partial charge on any atom is 0.295 e. The lowest BCUT2D eigenvalue weighted by Crippen LogP contribution is -2.32. The largest absolute Gasteiger partial charge is 0.486 e. The van der Waals surface area contributed by atoms with E-state index >= 15 is 0 Å². The summed E-state index contributed by atoms with van der Waals surface area (Å²) in [5.74, 6) is 0.197. The van der Waals surface area contributed by atoms with Crippen molar-refractivity contribution in [3.05, 3.63) is 88.1 Å². The third kappa shape index (κ3) is 4.21. The van der Waals surface area contributed by atoms with E-state index in [0.29, 0.717) is 36.0 Å². The van der Waals surface area contributed by atoms with Crippen LogP contribution in [0.3, 0.4) is 0 Å². The van der Waals surface area contributed by atoms with Gasteiger partial charge in [0.15, 0.2) is 11.5 Å². The highest BCUT2D eigenvalue weighted by Gasteiger charge is 2.16. The van der Waals surface area contributed by atoms with E-state index in [-0.39, 0.29) is 18.0 Å². The molecule has 0 saturated heterocycles. The van der Waals surface area contributed by atoms with Gasteiger partial charge in [0.1, 0.15) is 31.2 Å². The maximum absolute atomic E-state index is 13.0. The summed E-state index contributed by atoms with van der Waals surface area (Å²) in [5, 5.41) is 2.67. The number of benzene rings is 2. The molecule has 8 heteroatoms. The normalized spacial score (nSPS) is 12.3. The third-order valence-corrected chi connectivity index (χ3v) is 4.24. The highest BCUT2D eigenvalue weighted by molar-refractivity contribution is 6.04. The number of carbonyl (C=O) groups is 1. The zero-order chi connectivity index (χ0) is 20.2. The first-order valence-corrected chi connectivity index (χ1v) is 8.90. The molecule has 1 aliphatic heterocycles. The van der Waals surface area contributed by atoms with Gasteiger partial charge >= 0.3 is 0 Å². The van der Waals surface area contributed by atoms with E-state index in [1.165, 1.54) is 30.5 Å². The third-order valence-electron chi connectivity index (χ3n) is 4.24. The molecule has 7 nitrogen and oxygen atoms in total. The SMILES string of the molecule is O=C(Nc1ccc2c(c1)OCCO2)c1cccn(OCc2ccc(F)cc2)c1=O. The van der Waals surface area contributed by atoms with Gasteiger partial charge in [-0.3, -0.25) is 9.59 Å². The van der Waals surface area contributed by atoms with Gasteiger partial charge in [0.25, 0.3) is 11.5 Å². The van der Waals surface area contributed by atoms with Crippen molar-refractivity contribution in [1.82, 2.24) is 4.73 Å². The van der Waals surface area contributed by atoms with Gasteiger partial charge < -0.3 is 19.6 Å².